The van der Waals surface area contributed by atoms with Crippen molar-refractivity contribution in [2.24, 2.45) is 0 Å². The van der Waals surface area contributed by atoms with Gasteiger partial charge in [-0.15, -0.1) is 10.2 Å². The van der Waals surface area contributed by atoms with Crippen molar-refractivity contribution >= 4 is 11.4 Å². The van der Waals surface area contributed by atoms with Gasteiger partial charge in [0.2, 0.25) is 11.7 Å². The number of hydrogen-bond acceptors (Lipinski definition) is 9. The number of carbonyl (C=O) groups excluding carboxylic acids is 1. The molecule has 166 valence electrons. The molecule has 0 saturated heterocycles. The summed E-state index contributed by atoms with van der Waals surface area (Å²) in [5.41, 5.74) is 2.77. The summed E-state index contributed by atoms with van der Waals surface area (Å²) < 4.78 is 12.7. The fraction of sp³-hybridized carbons (Fsp3) is 0.333. The van der Waals surface area contributed by atoms with Gasteiger partial charge >= 0.3 is 0 Å². The highest BCUT2D eigenvalue weighted by Gasteiger charge is 2.28. The van der Waals surface area contributed by atoms with Crippen molar-refractivity contribution in [2.75, 3.05) is 7.05 Å². The lowest BCUT2D eigenvalue weighted by Gasteiger charge is -2.18. The van der Waals surface area contributed by atoms with Gasteiger partial charge < -0.3 is 19.7 Å². The van der Waals surface area contributed by atoms with Crippen molar-refractivity contribution in [3.05, 3.63) is 53.2 Å². The molecule has 0 aliphatic carbocycles. The molecule has 11 heteroatoms. The van der Waals surface area contributed by atoms with Crippen LogP contribution in [-0.2, 0) is 18.6 Å². The maximum absolute atomic E-state index is 11.7. The summed E-state index contributed by atoms with van der Waals surface area (Å²) in [6.07, 6.45) is 3.12. The molecule has 0 saturated carbocycles. The molecule has 0 unspecified atom stereocenters. The summed E-state index contributed by atoms with van der Waals surface area (Å²) in [4.78, 5) is 16.0. The Morgan fingerprint density at radius 1 is 1.28 bits per heavy atom. The lowest BCUT2D eigenvalue weighted by atomic mass is 9.88. The highest BCUT2D eigenvalue weighted by Crippen LogP contribution is 2.36. The molecule has 0 aliphatic rings. The number of ether oxygens (including phenoxy) is 1. The topological polar surface area (TPSA) is 141 Å². The van der Waals surface area contributed by atoms with Crippen molar-refractivity contribution in [2.45, 2.75) is 39.4 Å². The van der Waals surface area contributed by atoms with E-state index in [0.717, 1.165) is 5.56 Å². The molecule has 1 amide bonds. The van der Waals surface area contributed by atoms with Gasteiger partial charge in [-0.3, -0.25) is 9.78 Å². The summed E-state index contributed by atoms with van der Waals surface area (Å²) in [5.74, 6) is 0.880. The first-order chi connectivity index (χ1) is 15.3. The number of carbonyl (C=O) groups is 1. The average molecular weight is 437 g/mol. The molecule has 0 radical (unpaired) electrons. The Hall–Kier alpha value is -3.86. The Kier molecular flexibility index (Phi) is 5.57. The molecule has 4 heterocycles. The summed E-state index contributed by atoms with van der Waals surface area (Å²) >= 11 is 0. The number of nitrogens with one attached hydrogen (secondary N) is 1. The van der Waals surface area contributed by atoms with Gasteiger partial charge in [-0.2, -0.15) is 5.10 Å². The lowest BCUT2D eigenvalue weighted by molar-refractivity contribution is 0.0962. The smallest absolute Gasteiger partial charge is 0.252 e. The van der Waals surface area contributed by atoms with Crippen LogP contribution in [0.25, 0.3) is 17.0 Å². The largest absolute Gasteiger partial charge is 0.470 e. The molecule has 0 fully saturated rings. The van der Waals surface area contributed by atoms with E-state index in [1.165, 1.54) is 6.20 Å². The van der Waals surface area contributed by atoms with Crippen molar-refractivity contribution in [1.29, 1.82) is 0 Å². The second-order valence-corrected chi connectivity index (χ2v) is 8.14. The van der Waals surface area contributed by atoms with Crippen molar-refractivity contribution in [3.63, 3.8) is 0 Å². The monoisotopic (exact) mass is 437 g/mol. The van der Waals surface area contributed by atoms with Crippen LogP contribution in [0.2, 0.25) is 0 Å². The van der Waals surface area contributed by atoms with Gasteiger partial charge in [-0.25, -0.2) is 4.52 Å². The van der Waals surface area contributed by atoms with Crippen LogP contribution in [0.4, 0.5) is 0 Å². The molecule has 0 bridgehead atoms. The third-order valence-corrected chi connectivity index (χ3v) is 4.79. The van der Waals surface area contributed by atoms with Crippen LogP contribution >= 0.6 is 0 Å². The third-order valence-electron chi connectivity index (χ3n) is 4.79. The summed E-state index contributed by atoms with van der Waals surface area (Å²) in [6.45, 7) is 6.03. The van der Waals surface area contributed by atoms with Gasteiger partial charge in [-0.1, -0.05) is 25.9 Å². The van der Waals surface area contributed by atoms with Gasteiger partial charge in [0.15, 0.2) is 11.5 Å². The first-order valence-electron chi connectivity index (χ1n) is 9.93. The zero-order valence-corrected chi connectivity index (χ0v) is 18.2. The van der Waals surface area contributed by atoms with E-state index in [0.29, 0.717) is 39.9 Å². The minimum atomic E-state index is -0.312. The molecule has 0 atom stereocenters. The predicted octanol–water partition coefficient (Wildman–Crippen LogP) is 1.90. The number of pyridine rings is 1. The molecule has 0 aromatic carbocycles. The third kappa shape index (κ3) is 4.02. The lowest BCUT2D eigenvalue weighted by Crippen LogP contribution is -2.18. The van der Waals surface area contributed by atoms with Crippen LogP contribution < -0.4 is 10.1 Å². The first kappa shape index (κ1) is 21.4. The number of aliphatic hydroxyl groups is 1. The Morgan fingerprint density at radius 3 is 2.72 bits per heavy atom. The number of nitrogens with zero attached hydrogens (tertiary/aromatic N) is 6. The molecule has 4 rings (SSSR count). The van der Waals surface area contributed by atoms with E-state index in [-0.39, 0.29) is 24.5 Å². The summed E-state index contributed by atoms with van der Waals surface area (Å²) in [7, 11) is 1.57. The zero-order chi connectivity index (χ0) is 22.9. The zero-order valence-electron chi connectivity index (χ0n) is 18.2. The van der Waals surface area contributed by atoms with Gasteiger partial charge in [0, 0.05) is 24.9 Å². The summed E-state index contributed by atoms with van der Waals surface area (Å²) in [6, 6.07) is 5.01. The number of rotatable bonds is 6. The molecule has 4 aromatic heterocycles. The van der Waals surface area contributed by atoms with Crippen LogP contribution in [-0.4, -0.2) is 48.0 Å². The predicted molar refractivity (Wildman–Crippen MR) is 113 cm³/mol. The van der Waals surface area contributed by atoms with E-state index in [9.17, 15) is 9.90 Å². The number of aliphatic hydroxyl groups excluding tert-OH is 1. The SMILES string of the molecule is CNC(=O)c1ccc(COc2nn3c(-c4cc(CO)on4)nncc3c2C(C)(C)C)nc1. The van der Waals surface area contributed by atoms with E-state index in [2.05, 4.69) is 30.8 Å². The fourth-order valence-electron chi connectivity index (χ4n) is 3.26. The molecule has 2 N–H and O–H groups in total. The van der Waals surface area contributed by atoms with Crippen LogP contribution in [0.5, 0.6) is 5.88 Å². The van der Waals surface area contributed by atoms with Crippen molar-refractivity contribution in [3.8, 4) is 17.4 Å². The van der Waals surface area contributed by atoms with Gasteiger partial charge in [0.05, 0.1) is 23.0 Å². The Balaban J connectivity index is 1.70. The molecule has 0 spiro atoms. The second-order valence-electron chi connectivity index (χ2n) is 8.14. The fourth-order valence-corrected chi connectivity index (χ4v) is 3.26. The van der Waals surface area contributed by atoms with Crippen LogP contribution in [0.15, 0.2) is 35.1 Å². The molecule has 32 heavy (non-hydrogen) atoms. The highest BCUT2D eigenvalue weighted by molar-refractivity contribution is 5.93. The van der Waals surface area contributed by atoms with Gasteiger partial charge in [-0.05, 0) is 17.5 Å². The quantitative estimate of drug-likeness (QED) is 0.463. The Bertz CT molecular complexity index is 1260. The average Bonchev–Trinajstić information content (AvgIpc) is 3.41. The molecular weight excluding hydrogens is 414 g/mol. The number of fused-ring (bicyclic) bond motifs is 1. The standard InChI is InChI=1S/C21H23N7O4/c1-21(2,3)17-16-9-24-25-18(15-7-14(10-29)32-27-15)28(16)26-20(17)31-11-13-6-5-12(8-23-13)19(30)22-4/h5-9,29H,10-11H2,1-4H3,(H,22,30). The number of aromatic nitrogens is 6. The van der Waals surface area contributed by atoms with E-state index < -0.39 is 0 Å². The Labute approximate surface area is 183 Å². The minimum Gasteiger partial charge on any atom is -0.470 e. The normalized spacial score (nSPS) is 11.7. The first-order valence-corrected chi connectivity index (χ1v) is 9.93. The van der Waals surface area contributed by atoms with Gasteiger partial charge in [0.1, 0.15) is 13.2 Å². The minimum absolute atomic E-state index is 0.162. The maximum Gasteiger partial charge on any atom is 0.252 e. The molecule has 11 nitrogen and oxygen atoms in total. The van der Waals surface area contributed by atoms with E-state index in [1.54, 1.807) is 36.0 Å². The summed E-state index contributed by atoms with van der Waals surface area (Å²) in [5, 5.41) is 28.7. The number of hydrogen-bond donors (Lipinski definition) is 2. The van der Waals surface area contributed by atoms with Crippen molar-refractivity contribution in [1.82, 2.24) is 35.3 Å². The molecular formula is C21H23N7O4. The maximum atomic E-state index is 11.7. The van der Waals surface area contributed by atoms with E-state index in [1.807, 2.05) is 20.8 Å². The molecule has 4 aromatic rings. The molecule has 0 aliphatic heterocycles. The van der Waals surface area contributed by atoms with Gasteiger partial charge in [0.25, 0.3) is 5.91 Å². The van der Waals surface area contributed by atoms with Crippen LogP contribution in [0.3, 0.4) is 0 Å². The van der Waals surface area contributed by atoms with E-state index in [4.69, 9.17) is 9.26 Å². The van der Waals surface area contributed by atoms with Crippen LogP contribution in [0.1, 0.15) is 48.1 Å². The van der Waals surface area contributed by atoms with Crippen LogP contribution in [0, 0.1) is 0 Å². The Morgan fingerprint density at radius 2 is 2.09 bits per heavy atom. The number of amides is 1. The van der Waals surface area contributed by atoms with E-state index >= 15 is 0 Å². The highest BCUT2D eigenvalue weighted by atomic mass is 16.5. The van der Waals surface area contributed by atoms with Crippen molar-refractivity contribution < 1.29 is 19.2 Å². The second kappa shape index (κ2) is 8.35.